The van der Waals surface area contributed by atoms with Crippen molar-refractivity contribution < 1.29 is 4.79 Å². The van der Waals surface area contributed by atoms with Gasteiger partial charge in [0.15, 0.2) is 10.9 Å². The van der Waals surface area contributed by atoms with Gasteiger partial charge in [0, 0.05) is 24.0 Å². The van der Waals surface area contributed by atoms with Crippen LogP contribution in [0.3, 0.4) is 0 Å². The number of rotatable bonds is 6. The lowest BCUT2D eigenvalue weighted by atomic mass is 10.1. The van der Waals surface area contributed by atoms with E-state index in [-0.39, 0.29) is 5.78 Å². The quantitative estimate of drug-likeness (QED) is 0.755. The molecule has 2 rings (SSSR count). The van der Waals surface area contributed by atoms with Gasteiger partial charge in [-0.15, -0.1) is 11.3 Å². The molecular formula is C17H22N2OS. The fourth-order valence-corrected chi connectivity index (χ4v) is 2.93. The van der Waals surface area contributed by atoms with E-state index in [1.54, 1.807) is 11.3 Å². The largest absolute Gasteiger partial charge is 0.348 e. The normalized spacial score (nSPS) is 12.4. The van der Waals surface area contributed by atoms with Gasteiger partial charge in [0.05, 0.1) is 12.1 Å². The molecular weight excluding hydrogens is 280 g/mol. The number of anilines is 1. The zero-order valence-corrected chi connectivity index (χ0v) is 13.9. The molecule has 0 bridgehead atoms. The summed E-state index contributed by atoms with van der Waals surface area (Å²) in [6.07, 6.45) is 0.365. The summed E-state index contributed by atoms with van der Waals surface area (Å²) in [4.78, 5) is 19.0. The first-order valence-corrected chi connectivity index (χ1v) is 8.12. The Morgan fingerprint density at radius 2 is 1.90 bits per heavy atom. The molecule has 0 aliphatic rings. The monoisotopic (exact) mass is 302 g/mol. The van der Waals surface area contributed by atoms with Crippen molar-refractivity contribution in [3.05, 3.63) is 47.0 Å². The van der Waals surface area contributed by atoms with Gasteiger partial charge in [0.2, 0.25) is 0 Å². The molecule has 0 N–H and O–H groups in total. The predicted molar refractivity (Wildman–Crippen MR) is 89.3 cm³/mol. The molecule has 0 saturated carbocycles. The van der Waals surface area contributed by atoms with E-state index >= 15 is 0 Å². The first-order valence-electron chi connectivity index (χ1n) is 7.24. The average molecular weight is 302 g/mol. The van der Waals surface area contributed by atoms with Crippen molar-refractivity contribution in [2.45, 2.75) is 33.2 Å². The van der Waals surface area contributed by atoms with E-state index in [9.17, 15) is 4.79 Å². The molecule has 0 aliphatic heterocycles. The Morgan fingerprint density at radius 1 is 1.24 bits per heavy atom. The lowest BCUT2D eigenvalue weighted by Gasteiger charge is -2.27. The summed E-state index contributed by atoms with van der Waals surface area (Å²) in [6.45, 7) is 6.60. The van der Waals surface area contributed by atoms with Crippen LogP contribution in [0.25, 0.3) is 0 Å². The summed E-state index contributed by atoms with van der Waals surface area (Å²) >= 11 is 1.60. The van der Waals surface area contributed by atoms with Crippen LogP contribution in [-0.4, -0.2) is 23.9 Å². The van der Waals surface area contributed by atoms with Crippen molar-refractivity contribution in [2.75, 3.05) is 11.9 Å². The summed E-state index contributed by atoms with van der Waals surface area (Å²) in [5.74, 6) is 0.681. The third-order valence-electron chi connectivity index (χ3n) is 3.85. The Kier molecular flexibility index (Phi) is 5.12. The van der Waals surface area contributed by atoms with Crippen LogP contribution in [0, 0.1) is 5.92 Å². The lowest BCUT2D eigenvalue weighted by molar-refractivity contribution is 0.0992. The molecule has 4 heteroatoms. The molecule has 21 heavy (non-hydrogen) atoms. The minimum Gasteiger partial charge on any atom is -0.348 e. The zero-order valence-electron chi connectivity index (χ0n) is 13.0. The molecule has 2 aromatic rings. The van der Waals surface area contributed by atoms with E-state index in [0.29, 0.717) is 18.4 Å². The third kappa shape index (κ3) is 3.91. The summed E-state index contributed by atoms with van der Waals surface area (Å²) in [6, 6.07) is 9.81. The molecule has 1 aromatic carbocycles. The minimum absolute atomic E-state index is 0.118. The van der Waals surface area contributed by atoms with Gasteiger partial charge in [0.1, 0.15) is 0 Å². The first-order chi connectivity index (χ1) is 9.99. The molecule has 0 amide bonds. The maximum atomic E-state index is 12.2. The van der Waals surface area contributed by atoms with Crippen LogP contribution in [0.5, 0.6) is 0 Å². The van der Waals surface area contributed by atoms with Gasteiger partial charge in [-0.25, -0.2) is 4.98 Å². The number of aromatic nitrogens is 1. The lowest BCUT2D eigenvalue weighted by Crippen LogP contribution is -2.33. The molecule has 0 aliphatic carbocycles. The summed E-state index contributed by atoms with van der Waals surface area (Å²) in [5, 5.41) is 2.96. The standard InChI is InChI=1S/C17H22N2OS/c1-12(2)13(3)19(4)17-18-15(11-21-17)10-16(20)14-8-6-5-7-9-14/h5-9,11-13H,10H2,1-4H3. The number of carbonyl (C=O) groups is 1. The van der Waals surface area contributed by atoms with Gasteiger partial charge in [-0.3, -0.25) is 4.79 Å². The van der Waals surface area contributed by atoms with E-state index in [1.807, 2.05) is 35.7 Å². The molecule has 0 saturated heterocycles. The average Bonchev–Trinajstić information content (AvgIpc) is 2.95. The van der Waals surface area contributed by atoms with Crippen molar-refractivity contribution in [3.8, 4) is 0 Å². The highest BCUT2D eigenvalue weighted by Crippen LogP contribution is 2.24. The summed E-state index contributed by atoms with van der Waals surface area (Å²) < 4.78 is 0. The molecule has 0 radical (unpaired) electrons. The highest BCUT2D eigenvalue weighted by molar-refractivity contribution is 7.13. The van der Waals surface area contributed by atoms with Crippen LogP contribution >= 0.6 is 11.3 Å². The molecule has 112 valence electrons. The number of ketones is 1. The minimum atomic E-state index is 0.118. The molecule has 1 aromatic heterocycles. The maximum absolute atomic E-state index is 12.2. The van der Waals surface area contributed by atoms with E-state index in [0.717, 1.165) is 16.4 Å². The molecule has 1 unspecified atom stereocenters. The Labute approximate surface area is 130 Å². The molecule has 1 heterocycles. The highest BCUT2D eigenvalue weighted by atomic mass is 32.1. The van der Waals surface area contributed by atoms with Crippen molar-refractivity contribution in [1.82, 2.24) is 4.98 Å². The molecule has 0 spiro atoms. The van der Waals surface area contributed by atoms with Gasteiger partial charge < -0.3 is 4.90 Å². The number of hydrogen-bond acceptors (Lipinski definition) is 4. The Morgan fingerprint density at radius 3 is 2.52 bits per heavy atom. The maximum Gasteiger partial charge on any atom is 0.185 e. The second-order valence-electron chi connectivity index (χ2n) is 5.68. The summed E-state index contributed by atoms with van der Waals surface area (Å²) in [7, 11) is 2.06. The van der Waals surface area contributed by atoms with E-state index in [4.69, 9.17) is 0 Å². The van der Waals surface area contributed by atoms with Gasteiger partial charge in [-0.05, 0) is 12.8 Å². The first kappa shape index (κ1) is 15.7. The van der Waals surface area contributed by atoms with Gasteiger partial charge >= 0.3 is 0 Å². The van der Waals surface area contributed by atoms with Crippen molar-refractivity contribution in [1.29, 1.82) is 0 Å². The predicted octanol–water partition coefficient (Wildman–Crippen LogP) is 4.05. The number of Topliss-reactive ketones (excluding diaryl/α,β-unsaturated/α-hetero) is 1. The van der Waals surface area contributed by atoms with Crippen molar-refractivity contribution in [2.24, 2.45) is 5.92 Å². The number of hydrogen-bond donors (Lipinski definition) is 0. The van der Waals surface area contributed by atoms with Gasteiger partial charge in [0.25, 0.3) is 0 Å². The van der Waals surface area contributed by atoms with Crippen LogP contribution in [0.4, 0.5) is 5.13 Å². The SMILES string of the molecule is CC(C)C(C)N(C)c1nc(CC(=O)c2ccccc2)cs1. The number of benzene rings is 1. The molecule has 1 atom stereocenters. The van der Waals surface area contributed by atoms with Crippen LogP contribution in [0.1, 0.15) is 36.8 Å². The Balaban J connectivity index is 2.05. The van der Waals surface area contributed by atoms with Crippen molar-refractivity contribution >= 4 is 22.3 Å². The summed E-state index contributed by atoms with van der Waals surface area (Å²) in [5.41, 5.74) is 1.60. The fourth-order valence-electron chi connectivity index (χ4n) is 2.05. The fraction of sp³-hybridized carbons (Fsp3) is 0.412. The zero-order chi connectivity index (χ0) is 15.4. The highest BCUT2D eigenvalue weighted by Gasteiger charge is 2.17. The Hall–Kier alpha value is -1.68. The number of thiazole rings is 1. The Bertz CT molecular complexity index is 592. The topological polar surface area (TPSA) is 33.2 Å². The third-order valence-corrected chi connectivity index (χ3v) is 4.83. The number of carbonyl (C=O) groups excluding carboxylic acids is 1. The van der Waals surface area contributed by atoms with Crippen LogP contribution in [0.2, 0.25) is 0 Å². The van der Waals surface area contributed by atoms with Gasteiger partial charge in [-0.1, -0.05) is 44.2 Å². The van der Waals surface area contributed by atoms with Gasteiger partial charge in [-0.2, -0.15) is 0 Å². The van der Waals surface area contributed by atoms with Crippen LogP contribution in [0.15, 0.2) is 35.7 Å². The molecule has 3 nitrogen and oxygen atoms in total. The smallest absolute Gasteiger partial charge is 0.185 e. The molecule has 0 fully saturated rings. The van der Waals surface area contributed by atoms with E-state index in [1.165, 1.54) is 0 Å². The van der Waals surface area contributed by atoms with Crippen molar-refractivity contribution in [3.63, 3.8) is 0 Å². The number of nitrogens with zero attached hydrogens (tertiary/aromatic N) is 2. The van der Waals surface area contributed by atoms with Crippen LogP contribution < -0.4 is 4.90 Å². The van der Waals surface area contributed by atoms with E-state index < -0.39 is 0 Å². The van der Waals surface area contributed by atoms with Crippen LogP contribution in [-0.2, 0) is 6.42 Å². The second kappa shape index (κ2) is 6.85. The second-order valence-corrected chi connectivity index (χ2v) is 6.52. The van der Waals surface area contributed by atoms with E-state index in [2.05, 4.69) is 37.7 Å².